The molecule has 180 valence electrons. The fourth-order valence-corrected chi connectivity index (χ4v) is 4.04. The molecule has 0 saturated carbocycles. The van der Waals surface area contributed by atoms with Gasteiger partial charge in [0.2, 0.25) is 5.95 Å². The maximum Gasteiger partial charge on any atom is 0.407 e. The number of hydrogen-bond acceptors (Lipinski definition) is 7. The second-order valence-corrected chi connectivity index (χ2v) is 9.68. The highest BCUT2D eigenvalue weighted by Gasteiger charge is 2.24. The number of halogens is 2. The first-order chi connectivity index (χ1) is 15.5. The number of anilines is 2. The quantitative estimate of drug-likeness (QED) is 0.654. The van der Waals surface area contributed by atoms with Crippen molar-refractivity contribution < 1.29 is 9.53 Å². The molecule has 1 aromatic heterocycles. The molecule has 1 fully saturated rings. The third-order valence-corrected chi connectivity index (χ3v) is 6.09. The lowest BCUT2D eigenvalue weighted by atomic mass is 10.1. The number of nitrogens with two attached hydrogens (primary N) is 1. The molecule has 0 aliphatic carbocycles. The zero-order valence-electron chi connectivity index (χ0n) is 19.3. The molecule has 0 bridgehead atoms. The van der Waals surface area contributed by atoms with Crippen LogP contribution in [0.4, 0.5) is 16.6 Å². The molecule has 3 N–H and O–H groups in total. The van der Waals surface area contributed by atoms with Crippen LogP contribution in [0.25, 0.3) is 11.1 Å². The second kappa shape index (κ2) is 10.2. The van der Waals surface area contributed by atoms with E-state index >= 15 is 0 Å². The zero-order chi connectivity index (χ0) is 24.3. The predicted molar refractivity (Wildman–Crippen MR) is 132 cm³/mol. The molecule has 1 aliphatic heterocycles. The van der Waals surface area contributed by atoms with Crippen LogP contribution in [-0.4, -0.2) is 65.4 Å². The van der Waals surface area contributed by atoms with Crippen LogP contribution >= 0.6 is 23.2 Å². The summed E-state index contributed by atoms with van der Waals surface area (Å²) in [4.78, 5) is 33.7. The number of amides is 1. The van der Waals surface area contributed by atoms with Crippen LogP contribution in [-0.2, 0) is 11.8 Å². The van der Waals surface area contributed by atoms with Gasteiger partial charge >= 0.3 is 6.09 Å². The number of nitrogens with zero attached hydrogens (tertiary/aromatic N) is 4. The molecule has 1 aliphatic rings. The molecular formula is C22H30Cl2N6O3. The molecule has 0 atom stereocenters. The Morgan fingerprint density at radius 2 is 1.88 bits per heavy atom. The van der Waals surface area contributed by atoms with E-state index in [9.17, 15) is 9.59 Å². The summed E-state index contributed by atoms with van der Waals surface area (Å²) in [6, 6.07) is 5.07. The number of carbonyl (C=O) groups is 1. The number of rotatable bonds is 5. The Labute approximate surface area is 203 Å². The molecule has 1 amide bonds. The van der Waals surface area contributed by atoms with E-state index in [-0.39, 0.29) is 22.0 Å². The van der Waals surface area contributed by atoms with Gasteiger partial charge in [0.15, 0.2) is 0 Å². The fraction of sp³-hybridized carbons (Fsp3) is 0.500. The Hall–Kier alpha value is -2.49. The molecule has 1 aromatic carbocycles. The van der Waals surface area contributed by atoms with Crippen molar-refractivity contribution in [3.63, 3.8) is 0 Å². The highest BCUT2D eigenvalue weighted by molar-refractivity contribution is 6.43. The highest BCUT2D eigenvalue weighted by atomic mass is 35.5. The van der Waals surface area contributed by atoms with Crippen molar-refractivity contribution >= 4 is 41.1 Å². The second-order valence-electron chi connectivity index (χ2n) is 8.89. The Bertz CT molecular complexity index is 1080. The third-order valence-electron chi connectivity index (χ3n) is 5.27. The molecule has 0 radical (unpaired) electrons. The SMILES string of the molecule is Cn1c(N2CCN(CCNC(=O)OC(C)(C)C)CC2)nc(N)c(-c2cccc(Cl)c2Cl)c1=O. The number of nitrogens with one attached hydrogen (secondary N) is 1. The standard InChI is InChI=1S/C22H30Cl2N6O3/c1-22(2,3)33-21(32)26-8-9-29-10-12-30(13-11-29)20-27-18(25)16(19(31)28(20)4)14-6-5-7-15(23)17(14)24/h5-7H,8-13,25H2,1-4H3,(H,26,32). The molecule has 3 rings (SSSR count). The maximum atomic E-state index is 13.1. The van der Waals surface area contributed by atoms with Gasteiger partial charge in [-0.05, 0) is 26.8 Å². The van der Waals surface area contributed by atoms with Crippen LogP contribution in [0.15, 0.2) is 23.0 Å². The van der Waals surface area contributed by atoms with Crippen molar-refractivity contribution in [2.45, 2.75) is 26.4 Å². The van der Waals surface area contributed by atoms with Crippen molar-refractivity contribution in [2.24, 2.45) is 7.05 Å². The average molecular weight is 497 g/mol. The summed E-state index contributed by atoms with van der Waals surface area (Å²) in [6.45, 7) is 9.54. The first kappa shape index (κ1) is 25.1. The van der Waals surface area contributed by atoms with Crippen molar-refractivity contribution in [1.29, 1.82) is 0 Å². The fourth-order valence-electron chi connectivity index (χ4n) is 3.64. The van der Waals surface area contributed by atoms with Gasteiger partial charge in [0.25, 0.3) is 5.56 Å². The number of ether oxygens (including phenoxy) is 1. The van der Waals surface area contributed by atoms with Gasteiger partial charge in [0.05, 0.1) is 15.6 Å². The van der Waals surface area contributed by atoms with Gasteiger partial charge in [-0.3, -0.25) is 14.3 Å². The topological polar surface area (TPSA) is 106 Å². The minimum Gasteiger partial charge on any atom is -0.444 e. The molecular weight excluding hydrogens is 467 g/mol. The van der Waals surface area contributed by atoms with E-state index in [4.69, 9.17) is 33.7 Å². The Balaban J connectivity index is 1.65. The minimum atomic E-state index is -0.520. The van der Waals surface area contributed by atoms with E-state index in [2.05, 4.69) is 15.2 Å². The Morgan fingerprint density at radius 1 is 1.21 bits per heavy atom. The van der Waals surface area contributed by atoms with Crippen molar-refractivity contribution in [3.05, 3.63) is 38.6 Å². The summed E-state index contributed by atoms with van der Waals surface area (Å²) in [5, 5.41) is 3.39. The smallest absolute Gasteiger partial charge is 0.407 e. The molecule has 1 saturated heterocycles. The van der Waals surface area contributed by atoms with Gasteiger partial charge in [0, 0.05) is 51.9 Å². The van der Waals surface area contributed by atoms with E-state index in [1.807, 2.05) is 25.7 Å². The van der Waals surface area contributed by atoms with Gasteiger partial charge in [-0.15, -0.1) is 0 Å². The lowest BCUT2D eigenvalue weighted by molar-refractivity contribution is 0.0521. The number of aromatic nitrogens is 2. The maximum absolute atomic E-state index is 13.1. The summed E-state index contributed by atoms with van der Waals surface area (Å²) < 4.78 is 6.74. The van der Waals surface area contributed by atoms with E-state index in [0.29, 0.717) is 42.7 Å². The molecule has 11 heteroatoms. The molecule has 33 heavy (non-hydrogen) atoms. The summed E-state index contributed by atoms with van der Waals surface area (Å²) in [5.41, 5.74) is 6.09. The lowest BCUT2D eigenvalue weighted by Gasteiger charge is -2.36. The highest BCUT2D eigenvalue weighted by Crippen LogP contribution is 2.34. The average Bonchev–Trinajstić information content (AvgIpc) is 2.73. The lowest BCUT2D eigenvalue weighted by Crippen LogP contribution is -2.50. The van der Waals surface area contributed by atoms with Crippen LogP contribution in [0.3, 0.4) is 0 Å². The molecule has 2 heterocycles. The Morgan fingerprint density at radius 3 is 2.52 bits per heavy atom. The summed E-state index contributed by atoms with van der Waals surface area (Å²) in [5.74, 6) is 0.618. The van der Waals surface area contributed by atoms with Gasteiger partial charge in [-0.1, -0.05) is 35.3 Å². The molecule has 9 nitrogen and oxygen atoms in total. The molecule has 0 unspecified atom stereocenters. The zero-order valence-corrected chi connectivity index (χ0v) is 20.8. The number of alkyl carbamates (subject to hydrolysis) is 1. The predicted octanol–water partition coefficient (Wildman–Crippen LogP) is 2.98. The number of benzene rings is 1. The van der Waals surface area contributed by atoms with E-state index in [1.165, 1.54) is 4.57 Å². The van der Waals surface area contributed by atoms with Crippen LogP contribution in [0.1, 0.15) is 20.8 Å². The first-order valence-electron chi connectivity index (χ1n) is 10.7. The molecule has 2 aromatic rings. The van der Waals surface area contributed by atoms with Crippen LogP contribution in [0.5, 0.6) is 0 Å². The number of piperazine rings is 1. The number of hydrogen-bond donors (Lipinski definition) is 2. The largest absolute Gasteiger partial charge is 0.444 e. The number of nitrogen functional groups attached to an aromatic ring is 1. The van der Waals surface area contributed by atoms with Crippen LogP contribution in [0, 0.1) is 0 Å². The van der Waals surface area contributed by atoms with Gasteiger partial charge < -0.3 is 20.7 Å². The van der Waals surface area contributed by atoms with Gasteiger partial charge in [-0.2, -0.15) is 4.98 Å². The summed E-state index contributed by atoms with van der Waals surface area (Å²) >= 11 is 12.4. The summed E-state index contributed by atoms with van der Waals surface area (Å²) in [7, 11) is 1.67. The first-order valence-corrected chi connectivity index (χ1v) is 11.5. The normalized spacial score (nSPS) is 14.9. The van der Waals surface area contributed by atoms with E-state index in [0.717, 1.165) is 13.1 Å². The van der Waals surface area contributed by atoms with E-state index < -0.39 is 11.7 Å². The van der Waals surface area contributed by atoms with Gasteiger partial charge in [-0.25, -0.2) is 4.79 Å². The minimum absolute atomic E-state index is 0.112. The van der Waals surface area contributed by atoms with Crippen LogP contribution in [0.2, 0.25) is 10.0 Å². The van der Waals surface area contributed by atoms with Crippen molar-refractivity contribution in [1.82, 2.24) is 19.8 Å². The van der Waals surface area contributed by atoms with Crippen molar-refractivity contribution in [3.8, 4) is 11.1 Å². The van der Waals surface area contributed by atoms with E-state index in [1.54, 1.807) is 25.2 Å². The monoisotopic (exact) mass is 496 g/mol. The third kappa shape index (κ3) is 6.10. The van der Waals surface area contributed by atoms with Crippen molar-refractivity contribution in [2.75, 3.05) is 49.9 Å². The summed E-state index contributed by atoms with van der Waals surface area (Å²) in [6.07, 6.45) is -0.421. The van der Waals surface area contributed by atoms with Crippen LogP contribution < -0.4 is 21.5 Å². The molecule has 0 spiro atoms. The number of carbonyl (C=O) groups excluding carboxylic acids is 1. The Kier molecular flexibility index (Phi) is 7.76. The van der Waals surface area contributed by atoms with Gasteiger partial charge in [0.1, 0.15) is 11.4 Å².